The number of benzene rings is 3. The van der Waals surface area contributed by atoms with Crippen molar-refractivity contribution in [1.29, 1.82) is 0 Å². The van der Waals surface area contributed by atoms with E-state index in [0.717, 1.165) is 16.1 Å². The Balaban J connectivity index is 1.51. The molecule has 0 saturated heterocycles. The third-order valence-corrected chi connectivity index (χ3v) is 6.63. The Kier molecular flexibility index (Phi) is 9.83. The van der Waals surface area contributed by atoms with Crippen LogP contribution in [0.1, 0.15) is 18.1 Å². The standard InChI is InChI=1S/C27H30N4O6S/c1-20(31(38(3,34)35)23-11-15-24(36-2)16-12-23)27(33)30-29-18-22-9-13-25(14-10-22)37-19-26(32)28-17-21-7-5-4-6-8-21/h4-16,18,20H,17,19H2,1-3H3,(H,28,32)(H,30,33)/b29-18-/t20-/m1/s1. The van der Waals surface area contributed by atoms with Crippen LogP contribution in [0.3, 0.4) is 0 Å². The fraction of sp³-hybridized carbons (Fsp3) is 0.222. The first-order valence-electron chi connectivity index (χ1n) is 11.7. The smallest absolute Gasteiger partial charge is 0.263 e. The molecule has 10 nitrogen and oxygen atoms in total. The third-order valence-electron chi connectivity index (χ3n) is 5.39. The van der Waals surface area contributed by atoms with Gasteiger partial charge in [-0.3, -0.25) is 13.9 Å². The predicted molar refractivity (Wildman–Crippen MR) is 146 cm³/mol. The topological polar surface area (TPSA) is 126 Å². The van der Waals surface area contributed by atoms with Gasteiger partial charge in [-0.15, -0.1) is 0 Å². The van der Waals surface area contributed by atoms with Crippen LogP contribution in [-0.2, 0) is 26.2 Å². The zero-order valence-corrected chi connectivity index (χ0v) is 22.1. The number of hydrazone groups is 1. The highest BCUT2D eigenvalue weighted by atomic mass is 32.2. The van der Waals surface area contributed by atoms with Crippen molar-refractivity contribution in [3.8, 4) is 11.5 Å². The number of anilines is 1. The molecule has 0 aliphatic carbocycles. The molecule has 0 aromatic heterocycles. The first kappa shape index (κ1) is 28.2. The molecule has 0 radical (unpaired) electrons. The average molecular weight is 539 g/mol. The largest absolute Gasteiger partial charge is 0.497 e. The van der Waals surface area contributed by atoms with E-state index in [0.29, 0.717) is 29.3 Å². The van der Waals surface area contributed by atoms with E-state index in [1.54, 1.807) is 48.5 Å². The van der Waals surface area contributed by atoms with Crippen LogP contribution >= 0.6 is 0 Å². The number of nitrogens with zero attached hydrogens (tertiary/aromatic N) is 2. The van der Waals surface area contributed by atoms with Crippen molar-refractivity contribution in [1.82, 2.24) is 10.7 Å². The third kappa shape index (κ3) is 8.34. The van der Waals surface area contributed by atoms with Crippen LogP contribution in [0.25, 0.3) is 0 Å². The molecular formula is C27H30N4O6S. The van der Waals surface area contributed by atoms with Gasteiger partial charge in [-0.25, -0.2) is 13.8 Å². The molecule has 0 aliphatic heterocycles. The van der Waals surface area contributed by atoms with E-state index in [1.807, 2.05) is 30.3 Å². The SMILES string of the molecule is COc1ccc(N([C@H](C)C(=O)N/N=C\c2ccc(OCC(=O)NCc3ccccc3)cc2)S(C)(=O)=O)cc1. The van der Waals surface area contributed by atoms with Crippen molar-refractivity contribution in [3.63, 3.8) is 0 Å². The van der Waals surface area contributed by atoms with Gasteiger partial charge in [0.25, 0.3) is 11.8 Å². The van der Waals surface area contributed by atoms with Crippen molar-refractivity contribution < 1.29 is 27.5 Å². The van der Waals surface area contributed by atoms with Crippen LogP contribution in [0, 0.1) is 0 Å². The fourth-order valence-electron chi connectivity index (χ4n) is 3.45. The van der Waals surface area contributed by atoms with Gasteiger partial charge in [-0.1, -0.05) is 30.3 Å². The number of methoxy groups -OCH3 is 1. The minimum absolute atomic E-state index is 0.126. The van der Waals surface area contributed by atoms with E-state index in [-0.39, 0.29) is 12.5 Å². The molecule has 3 aromatic rings. The lowest BCUT2D eigenvalue weighted by Gasteiger charge is -2.27. The summed E-state index contributed by atoms with van der Waals surface area (Å²) in [6, 6.07) is 21.6. The van der Waals surface area contributed by atoms with Crippen molar-refractivity contribution >= 4 is 33.7 Å². The van der Waals surface area contributed by atoms with E-state index < -0.39 is 22.0 Å². The Labute approximate surface area is 222 Å². The highest BCUT2D eigenvalue weighted by Gasteiger charge is 2.29. The normalized spacial score (nSPS) is 12.0. The minimum Gasteiger partial charge on any atom is -0.497 e. The van der Waals surface area contributed by atoms with Crippen LogP contribution in [0.5, 0.6) is 11.5 Å². The monoisotopic (exact) mass is 538 g/mol. The minimum atomic E-state index is -3.76. The summed E-state index contributed by atoms with van der Waals surface area (Å²) in [4.78, 5) is 24.7. The molecule has 2 amide bonds. The molecule has 0 aliphatic rings. The summed E-state index contributed by atoms with van der Waals surface area (Å²) in [7, 11) is -2.25. The molecule has 2 N–H and O–H groups in total. The molecule has 0 bridgehead atoms. The van der Waals surface area contributed by atoms with Gasteiger partial charge in [0.2, 0.25) is 10.0 Å². The Morgan fingerprint density at radius 3 is 2.21 bits per heavy atom. The summed E-state index contributed by atoms with van der Waals surface area (Å²) in [6.07, 6.45) is 2.44. The molecule has 38 heavy (non-hydrogen) atoms. The van der Waals surface area contributed by atoms with Crippen molar-refractivity contribution in [2.24, 2.45) is 5.10 Å². The van der Waals surface area contributed by atoms with Crippen LogP contribution < -0.4 is 24.5 Å². The Morgan fingerprint density at radius 1 is 0.974 bits per heavy atom. The molecule has 3 aromatic carbocycles. The van der Waals surface area contributed by atoms with E-state index in [9.17, 15) is 18.0 Å². The molecular weight excluding hydrogens is 508 g/mol. The van der Waals surface area contributed by atoms with Crippen molar-refractivity contribution in [3.05, 3.63) is 90.0 Å². The van der Waals surface area contributed by atoms with Gasteiger partial charge >= 0.3 is 0 Å². The van der Waals surface area contributed by atoms with Gasteiger partial charge < -0.3 is 14.8 Å². The summed E-state index contributed by atoms with van der Waals surface area (Å²) in [6.45, 7) is 1.77. The Bertz CT molecular complexity index is 1340. The second-order valence-electron chi connectivity index (χ2n) is 8.29. The van der Waals surface area contributed by atoms with E-state index in [2.05, 4.69) is 15.8 Å². The van der Waals surface area contributed by atoms with E-state index in [4.69, 9.17) is 9.47 Å². The lowest BCUT2D eigenvalue weighted by atomic mass is 10.2. The Morgan fingerprint density at radius 2 is 1.61 bits per heavy atom. The zero-order valence-electron chi connectivity index (χ0n) is 21.3. The van der Waals surface area contributed by atoms with Crippen molar-refractivity contribution in [2.75, 3.05) is 24.3 Å². The molecule has 3 rings (SSSR count). The van der Waals surface area contributed by atoms with E-state index in [1.165, 1.54) is 20.2 Å². The maximum absolute atomic E-state index is 12.7. The number of carbonyl (C=O) groups is 2. The number of carbonyl (C=O) groups excluding carboxylic acids is 2. The molecule has 200 valence electrons. The molecule has 0 fully saturated rings. The summed E-state index contributed by atoms with van der Waals surface area (Å²) < 4.78 is 36.4. The van der Waals surface area contributed by atoms with Gasteiger partial charge in [0, 0.05) is 6.54 Å². The number of nitrogens with one attached hydrogen (secondary N) is 2. The number of amides is 2. The number of hydrogen-bond donors (Lipinski definition) is 2. The molecule has 0 unspecified atom stereocenters. The molecule has 0 heterocycles. The summed E-state index contributed by atoms with van der Waals surface area (Å²) >= 11 is 0. The number of rotatable bonds is 12. The summed E-state index contributed by atoms with van der Waals surface area (Å²) in [5, 5.41) is 6.72. The molecule has 11 heteroatoms. The Hall–Kier alpha value is -4.38. The quantitative estimate of drug-likeness (QED) is 0.270. The molecule has 0 spiro atoms. The fourth-order valence-corrected chi connectivity index (χ4v) is 4.62. The van der Waals surface area contributed by atoms with E-state index >= 15 is 0 Å². The first-order valence-corrected chi connectivity index (χ1v) is 13.5. The van der Waals surface area contributed by atoms with Crippen LogP contribution in [0.15, 0.2) is 84.0 Å². The second kappa shape index (κ2) is 13.2. The number of sulfonamides is 1. The van der Waals surface area contributed by atoms with Gasteiger partial charge in [0.05, 0.1) is 25.3 Å². The highest BCUT2D eigenvalue weighted by Crippen LogP contribution is 2.23. The van der Waals surface area contributed by atoms with Gasteiger partial charge in [-0.2, -0.15) is 5.10 Å². The number of hydrogen-bond acceptors (Lipinski definition) is 7. The van der Waals surface area contributed by atoms with Gasteiger partial charge in [0.15, 0.2) is 6.61 Å². The average Bonchev–Trinajstić information content (AvgIpc) is 2.91. The molecule has 0 saturated carbocycles. The molecule has 1 atom stereocenters. The predicted octanol–water partition coefficient (Wildman–Crippen LogP) is 2.70. The van der Waals surface area contributed by atoms with Crippen LogP contribution in [-0.4, -0.2) is 52.5 Å². The zero-order chi connectivity index (χ0) is 27.5. The lowest BCUT2D eigenvalue weighted by Crippen LogP contribution is -2.46. The van der Waals surface area contributed by atoms with Crippen LogP contribution in [0.4, 0.5) is 5.69 Å². The second-order valence-corrected chi connectivity index (χ2v) is 10.1. The maximum Gasteiger partial charge on any atom is 0.263 e. The first-order chi connectivity index (χ1) is 18.2. The van der Waals surface area contributed by atoms with Crippen molar-refractivity contribution in [2.45, 2.75) is 19.5 Å². The van der Waals surface area contributed by atoms with Gasteiger partial charge in [0.1, 0.15) is 17.5 Å². The summed E-state index contributed by atoms with van der Waals surface area (Å²) in [5.74, 6) is 0.211. The summed E-state index contributed by atoms with van der Waals surface area (Å²) in [5.41, 5.74) is 4.35. The maximum atomic E-state index is 12.7. The number of ether oxygens (including phenoxy) is 2. The van der Waals surface area contributed by atoms with Gasteiger partial charge in [-0.05, 0) is 66.6 Å². The van der Waals surface area contributed by atoms with Crippen LogP contribution in [0.2, 0.25) is 0 Å². The highest BCUT2D eigenvalue weighted by molar-refractivity contribution is 7.92. The lowest BCUT2D eigenvalue weighted by molar-refractivity contribution is -0.123.